The highest BCUT2D eigenvalue weighted by Crippen LogP contribution is 2.42. The molecule has 0 saturated carbocycles. The number of nitrogens with zero attached hydrogens (tertiary/aromatic N) is 3. The number of carbonyl (C=O) groups excluding carboxylic acids is 3. The van der Waals surface area contributed by atoms with Crippen LogP contribution in [0.15, 0.2) is 72.8 Å². The maximum Gasteiger partial charge on any atom is 0.409 e. The van der Waals surface area contributed by atoms with Gasteiger partial charge >= 0.3 is 13.7 Å². The third-order valence-electron chi connectivity index (χ3n) is 6.93. The number of benzene rings is 2. The zero-order chi connectivity index (χ0) is 31.5. The molecular formula is C31H38N5O7P. The fourth-order valence-electron chi connectivity index (χ4n) is 4.75. The fraction of sp³-hybridized carbons (Fsp3) is 0.355. The first-order valence-corrected chi connectivity index (χ1v) is 16.3. The highest BCUT2D eigenvalue weighted by Gasteiger charge is 2.36. The lowest BCUT2D eigenvalue weighted by atomic mass is 10.1. The minimum Gasteiger partial charge on any atom is -0.450 e. The molecule has 234 valence electrons. The van der Waals surface area contributed by atoms with Crippen molar-refractivity contribution in [2.45, 2.75) is 26.4 Å². The Bertz CT molecular complexity index is 1470. The Morgan fingerprint density at radius 3 is 2.20 bits per heavy atom. The molecule has 0 radical (unpaired) electrons. The highest BCUT2D eigenvalue weighted by atomic mass is 31.2. The van der Waals surface area contributed by atoms with E-state index in [1.807, 2.05) is 66.7 Å². The largest absolute Gasteiger partial charge is 0.450 e. The Kier molecular flexibility index (Phi) is 11.5. The molecule has 1 fully saturated rings. The smallest absolute Gasteiger partial charge is 0.409 e. The van der Waals surface area contributed by atoms with Gasteiger partial charge in [0.25, 0.3) is 5.91 Å². The molecule has 2 heterocycles. The predicted molar refractivity (Wildman–Crippen MR) is 166 cm³/mol. The van der Waals surface area contributed by atoms with Crippen LogP contribution in [0.4, 0.5) is 10.5 Å². The highest BCUT2D eigenvalue weighted by molar-refractivity contribution is 7.52. The number of rotatable bonds is 12. The first-order chi connectivity index (χ1) is 21.2. The van der Waals surface area contributed by atoms with E-state index in [4.69, 9.17) is 9.26 Å². The lowest BCUT2D eigenvalue weighted by molar-refractivity contribution is -0.134. The number of hydrogen-bond acceptors (Lipinski definition) is 8. The van der Waals surface area contributed by atoms with Gasteiger partial charge < -0.3 is 34.6 Å². The molecule has 2 aromatic carbocycles. The lowest BCUT2D eigenvalue weighted by Gasteiger charge is -2.36. The quantitative estimate of drug-likeness (QED) is 0.255. The van der Waals surface area contributed by atoms with Crippen molar-refractivity contribution < 1.29 is 33.1 Å². The molecule has 3 amide bonds. The number of anilines is 1. The molecule has 1 aliphatic rings. The molecule has 1 saturated heterocycles. The van der Waals surface area contributed by atoms with Crippen LogP contribution in [0.1, 0.15) is 29.9 Å². The number of hydrogen-bond donors (Lipinski definition) is 3. The van der Waals surface area contributed by atoms with Crippen molar-refractivity contribution >= 4 is 31.2 Å². The van der Waals surface area contributed by atoms with E-state index in [1.165, 1.54) is 9.80 Å². The standard InChI is InChI=1S/C31H38N5O7P/c1-3-42-31(39)36-17-15-35(16-18-36)30(38)28(22-44(40,41)43-4-2)34-29(37)27-20-25(32-21-23-11-7-5-8-12-23)19-26(33-27)24-13-9-6-10-14-24/h5-14,19-20,28H,3-4,15-18,21-22H2,1-2H3,(H,32,33)(H,34,37)(H,40,41). The summed E-state index contributed by atoms with van der Waals surface area (Å²) in [5.74, 6) is -1.25. The molecular weight excluding hydrogens is 585 g/mol. The van der Waals surface area contributed by atoms with Gasteiger partial charge in [-0.05, 0) is 31.5 Å². The summed E-state index contributed by atoms with van der Waals surface area (Å²) in [5, 5.41) is 5.97. The maximum absolute atomic E-state index is 13.7. The number of carbonyl (C=O) groups is 3. The molecule has 1 aromatic heterocycles. The van der Waals surface area contributed by atoms with Crippen molar-refractivity contribution in [3.8, 4) is 11.3 Å². The second-order valence-corrected chi connectivity index (χ2v) is 12.0. The second kappa shape index (κ2) is 15.5. The van der Waals surface area contributed by atoms with Gasteiger partial charge in [-0.25, -0.2) is 9.78 Å². The van der Waals surface area contributed by atoms with E-state index in [-0.39, 0.29) is 45.1 Å². The van der Waals surface area contributed by atoms with Crippen molar-refractivity contribution in [3.05, 3.63) is 84.1 Å². The van der Waals surface area contributed by atoms with Gasteiger partial charge in [0.1, 0.15) is 11.7 Å². The summed E-state index contributed by atoms with van der Waals surface area (Å²) in [4.78, 5) is 57.3. The molecule has 4 rings (SSSR count). The summed E-state index contributed by atoms with van der Waals surface area (Å²) < 4.78 is 22.8. The van der Waals surface area contributed by atoms with E-state index in [1.54, 1.807) is 19.9 Å². The van der Waals surface area contributed by atoms with E-state index < -0.39 is 37.7 Å². The first kappa shape index (κ1) is 32.7. The number of pyridine rings is 1. The van der Waals surface area contributed by atoms with Gasteiger partial charge in [-0.1, -0.05) is 60.7 Å². The molecule has 3 N–H and O–H groups in total. The van der Waals surface area contributed by atoms with Gasteiger partial charge in [-0.3, -0.25) is 14.2 Å². The predicted octanol–water partition coefficient (Wildman–Crippen LogP) is 3.98. The van der Waals surface area contributed by atoms with E-state index in [2.05, 4.69) is 15.6 Å². The molecule has 1 aliphatic heterocycles. The van der Waals surface area contributed by atoms with E-state index in [0.717, 1.165) is 11.1 Å². The number of piperazine rings is 1. The summed E-state index contributed by atoms with van der Waals surface area (Å²) in [7, 11) is -4.23. The van der Waals surface area contributed by atoms with Crippen LogP contribution in [0.2, 0.25) is 0 Å². The Balaban J connectivity index is 1.57. The van der Waals surface area contributed by atoms with Crippen LogP contribution in [0.5, 0.6) is 0 Å². The van der Waals surface area contributed by atoms with E-state index in [9.17, 15) is 23.8 Å². The molecule has 12 nitrogen and oxygen atoms in total. The van der Waals surface area contributed by atoms with Crippen LogP contribution in [-0.2, 0) is 25.2 Å². The molecule has 2 unspecified atom stereocenters. The minimum absolute atomic E-state index is 0.0241. The topological polar surface area (TPSA) is 150 Å². The fourth-order valence-corrected chi connectivity index (χ4v) is 5.97. The number of nitrogens with one attached hydrogen (secondary N) is 2. The molecule has 13 heteroatoms. The molecule has 3 aromatic rings. The van der Waals surface area contributed by atoms with Crippen LogP contribution < -0.4 is 10.6 Å². The van der Waals surface area contributed by atoms with Crippen molar-refractivity contribution in [2.24, 2.45) is 0 Å². The third kappa shape index (κ3) is 9.12. The van der Waals surface area contributed by atoms with Gasteiger partial charge in [0.15, 0.2) is 0 Å². The molecule has 44 heavy (non-hydrogen) atoms. The molecule has 2 atom stereocenters. The Morgan fingerprint density at radius 2 is 1.57 bits per heavy atom. The first-order valence-electron chi connectivity index (χ1n) is 14.5. The van der Waals surface area contributed by atoms with Crippen LogP contribution in [-0.4, -0.2) is 89.2 Å². The zero-order valence-corrected chi connectivity index (χ0v) is 25.7. The zero-order valence-electron chi connectivity index (χ0n) is 24.8. The Labute approximate surface area is 256 Å². The van der Waals surface area contributed by atoms with Gasteiger partial charge in [0, 0.05) is 44.0 Å². The summed E-state index contributed by atoms with van der Waals surface area (Å²) in [6.45, 7) is 4.76. The Morgan fingerprint density at radius 1 is 0.932 bits per heavy atom. The average molecular weight is 624 g/mol. The average Bonchev–Trinajstić information content (AvgIpc) is 3.04. The summed E-state index contributed by atoms with van der Waals surface area (Å²) >= 11 is 0. The van der Waals surface area contributed by atoms with Crippen LogP contribution in [0.3, 0.4) is 0 Å². The van der Waals surface area contributed by atoms with Gasteiger partial charge in [-0.2, -0.15) is 0 Å². The Hall–Kier alpha value is -4.25. The van der Waals surface area contributed by atoms with Crippen LogP contribution in [0, 0.1) is 0 Å². The summed E-state index contributed by atoms with van der Waals surface area (Å²) in [6.07, 6.45) is -1.09. The summed E-state index contributed by atoms with van der Waals surface area (Å²) in [6, 6.07) is 21.2. The number of ether oxygens (including phenoxy) is 1. The third-order valence-corrected chi connectivity index (χ3v) is 8.42. The normalized spacial score (nSPS) is 15.2. The van der Waals surface area contributed by atoms with Crippen LogP contribution >= 0.6 is 7.60 Å². The van der Waals surface area contributed by atoms with Crippen molar-refractivity contribution in [1.29, 1.82) is 0 Å². The SMILES string of the molecule is CCOC(=O)N1CCN(C(=O)C(CP(=O)(O)OCC)NC(=O)c2cc(NCc3ccccc3)cc(-c3ccccc3)n2)CC1. The van der Waals surface area contributed by atoms with Crippen molar-refractivity contribution in [1.82, 2.24) is 20.1 Å². The molecule has 0 aliphatic carbocycles. The van der Waals surface area contributed by atoms with E-state index in [0.29, 0.717) is 17.9 Å². The number of aromatic nitrogens is 1. The monoisotopic (exact) mass is 623 g/mol. The second-order valence-electron chi connectivity index (χ2n) is 10.1. The maximum atomic E-state index is 13.7. The lowest BCUT2D eigenvalue weighted by Crippen LogP contribution is -2.56. The van der Waals surface area contributed by atoms with E-state index >= 15 is 0 Å². The van der Waals surface area contributed by atoms with Gasteiger partial charge in [0.05, 0.1) is 25.1 Å². The molecule has 0 spiro atoms. The van der Waals surface area contributed by atoms with Crippen molar-refractivity contribution in [2.75, 3.05) is 50.9 Å². The van der Waals surface area contributed by atoms with Crippen LogP contribution in [0.25, 0.3) is 11.3 Å². The van der Waals surface area contributed by atoms with Crippen molar-refractivity contribution in [3.63, 3.8) is 0 Å². The number of amides is 3. The van der Waals surface area contributed by atoms with Gasteiger partial charge in [0.2, 0.25) is 5.91 Å². The summed E-state index contributed by atoms with van der Waals surface area (Å²) in [5.41, 5.74) is 3.02. The van der Waals surface area contributed by atoms with Gasteiger partial charge in [-0.15, -0.1) is 0 Å². The minimum atomic E-state index is -4.23. The molecule has 0 bridgehead atoms.